The highest BCUT2D eigenvalue weighted by atomic mass is 32.2. The zero-order valence-electron chi connectivity index (χ0n) is 6.86. The van der Waals surface area contributed by atoms with Crippen molar-refractivity contribution in [1.29, 1.82) is 0 Å². The summed E-state index contributed by atoms with van der Waals surface area (Å²) in [6.45, 7) is 2.02. The van der Waals surface area contributed by atoms with Crippen LogP contribution in [0, 0.1) is 11.8 Å². The lowest BCUT2D eigenvalue weighted by molar-refractivity contribution is -0.0983. The number of hydrogen-bond acceptors (Lipinski definition) is 3. The molecule has 0 aromatic carbocycles. The molecule has 2 unspecified atom stereocenters. The average molecular weight is 176 g/mol. The number of aliphatic hydroxyl groups is 2. The highest BCUT2D eigenvalue weighted by molar-refractivity contribution is 7.99. The maximum atomic E-state index is 9.02. The van der Waals surface area contributed by atoms with Crippen LogP contribution in [-0.2, 0) is 0 Å². The van der Waals surface area contributed by atoms with Gasteiger partial charge in [0.05, 0.1) is 0 Å². The zero-order chi connectivity index (χ0) is 8.27. The first kappa shape index (κ1) is 9.36. The summed E-state index contributed by atoms with van der Waals surface area (Å²) < 4.78 is 0. The molecule has 1 saturated heterocycles. The molecular weight excluding hydrogens is 160 g/mol. The molecule has 0 bridgehead atoms. The third-order valence-corrected chi connectivity index (χ3v) is 3.61. The Labute approximate surface area is 72.0 Å². The number of rotatable bonds is 3. The van der Waals surface area contributed by atoms with E-state index < -0.39 is 6.29 Å². The lowest BCUT2D eigenvalue weighted by atomic mass is 9.89. The molecule has 3 heteroatoms. The van der Waals surface area contributed by atoms with Crippen LogP contribution in [0.15, 0.2) is 0 Å². The second-order valence-electron chi connectivity index (χ2n) is 3.11. The second kappa shape index (κ2) is 4.33. The minimum Gasteiger partial charge on any atom is -0.368 e. The third kappa shape index (κ3) is 2.36. The summed E-state index contributed by atoms with van der Waals surface area (Å²) in [6.07, 6.45) is 0.924. The molecule has 1 heterocycles. The van der Waals surface area contributed by atoms with E-state index in [9.17, 15) is 0 Å². The van der Waals surface area contributed by atoms with Crippen molar-refractivity contribution in [1.82, 2.24) is 0 Å². The normalized spacial score (nSPS) is 27.8. The van der Waals surface area contributed by atoms with Crippen molar-refractivity contribution in [3.8, 4) is 0 Å². The molecule has 2 atom stereocenters. The molecule has 0 aliphatic carbocycles. The van der Waals surface area contributed by atoms with Gasteiger partial charge in [0.25, 0.3) is 0 Å². The Morgan fingerprint density at radius 1 is 1.55 bits per heavy atom. The van der Waals surface area contributed by atoms with Crippen LogP contribution in [0.25, 0.3) is 0 Å². The van der Waals surface area contributed by atoms with Crippen LogP contribution in [0.4, 0.5) is 0 Å². The van der Waals surface area contributed by atoms with E-state index in [0.29, 0.717) is 5.92 Å². The average Bonchev–Trinajstić information content (AvgIpc) is 2.40. The fourth-order valence-electron chi connectivity index (χ4n) is 1.68. The van der Waals surface area contributed by atoms with E-state index in [1.54, 1.807) is 0 Å². The van der Waals surface area contributed by atoms with Crippen molar-refractivity contribution < 1.29 is 10.2 Å². The molecule has 1 fully saturated rings. The zero-order valence-corrected chi connectivity index (χ0v) is 7.68. The summed E-state index contributed by atoms with van der Waals surface area (Å²) in [5.74, 6) is 2.93. The van der Waals surface area contributed by atoms with Crippen LogP contribution >= 0.6 is 11.8 Å². The summed E-state index contributed by atoms with van der Waals surface area (Å²) in [6, 6.07) is 0. The van der Waals surface area contributed by atoms with Gasteiger partial charge in [-0.25, -0.2) is 0 Å². The fourth-order valence-corrected chi connectivity index (χ4v) is 3.03. The van der Waals surface area contributed by atoms with Gasteiger partial charge in [0.1, 0.15) is 0 Å². The summed E-state index contributed by atoms with van der Waals surface area (Å²) in [7, 11) is 0. The van der Waals surface area contributed by atoms with Gasteiger partial charge in [-0.1, -0.05) is 6.92 Å². The van der Waals surface area contributed by atoms with Gasteiger partial charge in [-0.3, -0.25) is 0 Å². The van der Waals surface area contributed by atoms with Crippen LogP contribution in [0.2, 0.25) is 0 Å². The van der Waals surface area contributed by atoms with Gasteiger partial charge in [0, 0.05) is 5.92 Å². The predicted octanol–water partition coefficient (Wildman–Crippen LogP) is 1.08. The van der Waals surface area contributed by atoms with Crippen LogP contribution in [-0.4, -0.2) is 28.0 Å². The highest BCUT2D eigenvalue weighted by Gasteiger charge is 2.28. The van der Waals surface area contributed by atoms with E-state index in [4.69, 9.17) is 10.2 Å². The van der Waals surface area contributed by atoms with Crippen molar-refractivity contribution >= 4 is 11.8 Å². The summed E-state index contributed by atoms with van der Waals surface area (Å²) in [5, 5.41) is 18.0. The molecule has 0 aromatic rings. The first-order chi connectivity index (χ1) is 5.25. The van der Waals surface area contributed by atoms with E-state index in [0.717, 1.165) is 18.6 Å². The van der Waals surface area contributed by atoms with E-state index >= 15 is 0 Å². The standard InChI is InChI=1S/C8H16O2S/c1-2-7(8(9)10)6-3-4-11-5-6/h6-10H,2-5H2,1H3. The van der Waals surface area contributed by atoms with Crippen LogP contribution < -0.4 is 0 Å². The molecule has 2 N–H and O–H groups in total. The van der Waals surface area contributed by atoms with Crippen molar-refractivity contribution in [2.45, 2.75) is 26.1 Å². The van der Waals surface area contributed by atoms with Gasteiger partial charge in [-0.05, 0) is 30.3 Å². The molecule has 2 nitrogen and oxygen atoms in total. The smallest absolute Gasteiger partial charge is 0.154 e. The quantitative estimate of drug-likeness (QED) is 0.632. The Morgan fingerprint density at radius 3 is 2.64 bits per heavy atom. The van der Waals surface area contributed by atoms with Gasteiger partial charge >= 0.3 is 0 Å². The maximum absolute atomic E-state index is 9.02. The van der Waals surface area contributed by atoms with Crippen LogP contribution in [0.1, 0.15) is 19.8 Å². The topological polar surface area (TPSA) is 40.5 Å². The first-order valence-corrected chi connectivity index (χ1v) is 5.35. The Hall–Kier alpha value is 0.270. The van der Waals surface area contributed by atoms with Gasteiger partial charge in [0.15, 0.2) is 6.29 Å². The minimum absolute atomic E-state index is 0.102. The van der Waals surface area contributed by atoms with E-state index in [1.165, 1.54) is 5.75 Å². The van der Waals surface area contributed by atoms with Gasteiger partial charge in [-0.2, -0.15) is 11.8 Å². The largest absolute Gasteiger partial charge is 0.368 e. The number of aliphatic hydroxyl groups excluding tert-OH is 1. The Morgan fingerprint density at radius 2 is 2.27 bits per heavy atom. The number of thioether (sulfide) groups is 1. The lowest BCUT2D eigenvalue weighted by Gasteiger charge is -2.22. The molecule has 1 aliphatic heterocycles. The van der Waals surface area contributed by atoms with E-state index in [-0.39, 0.29) is 5.92 Å². The summed E-state index contributed by atoms with van der Waals surface area (Å²) in [4.78, 5) is 0. The van der Waals surface area contributed by atoms with Crippen LogP contribution in [0.3, 0.4) is 0 Å². The SMILES string of the molecule is CCC(C(O)O)C1CCSC1. The molecule has 0 amide bonds. The third-order valence-electron chi connectivity index (χ3n) is 2.42. The highest BCUT2D eigenvalue weighted by Crippen LogP contribution is 2.32. The van der Waals surface area contributed by atoms with Crippen molar-refractivity contribution in [2.24, 2.45) is 11.8 Å². The molecule has 0 spiro atoms. The van der Waals surface area contributed by atoms with E-state index in [2.05, 4.69) is 0 Å². The number of hydrogen-bond donors (Lipinski definition) is 2. The molecule has 0 radical (unpaired) electrons. The maximum Gasteiger partial charge on any atom is 0.154 e. The van der Waals surface area contributed by atoms with Crippen molar-refractivity contribution in [3.63, 3.8) is 0 Å². The van der Waals surface area contributed by atoms with E-state index in [1.807, 2.05) is 18.7 Å². The molecule has 11 heavy (non-hydrogen) atoms. The monoisotopic (exact) mass is 176 g/mol. The Kier molecular flexibility index (Phi) is 3.69. The molecule has 1 aliphatic rings. The second-order valence-corrected chi connectivity index (χ2v) is 4.26. The molecular formula is C8H16O2S. The first-order valence-electron chi connectivity index (χ1n) is 4.19. The summed E-state index contributed by atoms with van der Waals surface area (Å²) >= 11 is 1.92. The van der Waals surface area contributed by atoms with Gasteiger partial charge < -0.3 is 10.2 Å². The molecule has 0 aromatic heterocycles. The van der Waals surface area contributed by atoms with Crippen molar-refractivity contribution in [3.05, 3.63) is 0 Å². The van der Waals surface area contributed by atoms with Gasteiger partial charge in [0.2, 0.25) is 0 Å². The molecule has 1 rings (SSSR count). The van der Waals surface area contributed by atoms with Crippen molar-refractivity contribution in [2.75, 3.05) is 11.5 Å². The minimum atomic E-state index is -1.11. The molecule has 66 valence electrons. The summed E-state index contributed by atoms with van der Waals surface area (Å²) in [5.41, 5.74) is 0. The van der Waals surface area contributed by atoms with Gasteiger partial charge in [-0.15, -0.1) is 0 Å². The predicted molar refractivity (Wildman–Crippen MR) is 47.4 cm³/mol. The molecule has 0 saturated carbocycles. The Bertz CT molecular complexity index is 111. The van der Waals surface area contributed by atoms with Crippen LogP contribution in [0.5, 0.6) is 0 Å². The Balaban J connectivity index is 2.40. The fraction of sp³-hybridized carbons (Fsp3) is 1.00. The lowest BCUT2D eigenvalue weighted by Crippen LogP contribution is -2.26.